The molecule has 1 saturated heterocycles. The lowest BCUT2D eigenvalue weighted by molar-refractivity contribution is 0.122. The van der Waals surface area contributed by atoms with Gasteiger partial charge in [0.15, 0.2) is 0 Å². The number of morpholine rings is 1. The molecule has 0 unspecified atom stereocenters. The monoisotopic (exact) mass is 294 g/mol. The van der Waals surface area contributed by atoms with Crippen LogP contribution in [-0.4, -0.2) is 39.4 Å². The van der Waals surface area contributed by atoms with E-state index < -0.39 is 8.07 Å². The third-order valence-corrected chi connectivity index (χ3v) is 3.77. The molecule has 0 spiro atoms. The van der Waals surface area contributed by atoms with E-state index in [1.165, 1.54) is 0 Å². The van der Waals surface area contributed by atoms with Crippen molar-refractivity contribution in [3.05, 3.63) is 22.8 Å². The number of hydrogen-bond donors (Lipinski definition) is 0. The second-order valence-corrected chi connectivity index (χ2v) is 10.8. The Hall–Kier alpha value is -1.02. The minimum Gasteiger partial charge on any atom is -0.378 e. The van der Waals surface area contributed by atoms with E-state index in [9.17, 15) is 0 Å². The SMILES string of the molecule is C[Si](C)(C)C#Cc1cc(Cl)cc(N2CCOCC2)n1. The highest BCUT2D eigenvalue weighted by Crippen LogP contribution is 2.19. The molecule has 0 radical (unpaired) electrons. The Morgan fingerprint density at radius 3 is 2.58 bits per heavy atom. The summed E-state index contributed by atoms with van der Waals surface area (Å²) in [4.78, 5) is 6.78. The Bertz CT molecular complexity index is 510. The average Bonchev–Trinajstić information content (AvgIpc) is 2.36. The van der Waals surface area contributed by atoms with Crippen molar-refractivity contribution in [3.8, 4) is 11.5 Å². The molecule has 1 aliphatic heterocycles. The molecular weight excluding hydrogens is 276 g/mol. The molecule has 2 rings (SSSR count). The minimum absolute atomic E-state index is 0.691. The van der Waals surface area contributed by atoms with Gasteiger partial charge in [0.25, 0.3) is 0 Å². The maximum Gasteiger partial charge on any atom is 0.131 e. The lowest BCUT2D eigenvalue weighted by Crippen LogP contribution is -2.36. The summed E-state index contributed by atoms with van der Waals surface area (Å²) in [6.07, 6.45) is 0. The summed E-state index contributed by atoms with van der Waals surface area (Å²) in [5.41, 5.74) is 4.08. The van der Waals surface area contributed by atoms with Crippen molar-refractivity contribution in [3.63, 3.8) is 0 Å². The average molecular weight is 295 g/mol. The molecule has 1 aliphatic rings. The van der Waals surface area contributed by atoms with Crippen LogP contribution in [0, 0.1) is 11.5 Å². The van der Waals surface area contributed by atoms with Gasteiger partial charge in [-0.05, 0) is 12.1 Å². The largest absolute Gasteiger partial charge is 0.378 e. The molecule has 0 amide bonds. The number of anilines is 1. The molecule has 1 aromatic heterocycles. The van der Waals surface area contributed by atoms with Crippen molar-refractivity contribution in [1.29, 1.82) is 0 Å². The zero-order chi connectivity index (χ0) is 13.9. The van der Waals surface area contributed by atoms with Gasteiger partial charge in [0.2, 0.25) is 0 Å². The molecule has 0 aromatic carbocycles. The molecule has 19 heavy (non-hydrogen) atoms. The number of halogens is 1. The van der Waals surface area contributed by atoms with E-state index in [-0.39, 0.29) is 0 Å². The Morgan fingerprint density at radius 2 is 1.95 bits per heavy atom. The first-order chi connectivity index (χ1) is 8.94. The van der Waals surface area contributed by atoms with Gasteiger partial charge in [0, 0.05) is 18.1 Å². The summed E-state index contributed by atoms with van der Waals surface area (Å²) in [6, 6.07) is 3.73. The van der Waals surface area contributed by atoms with Gasteiger partial charge in [-0.1, -0.05) is 37.2 Å². The minimum atomic E-state index is -1.39. The second kappa shape index (κ2) is 5.95. The molecule has 0 bridgehead atoms. The molecule has 1 fully saturated rings. The van der Waals surface area contributed by atoms with Crippen molar-refractivity contribution in [2.24, 2.45) is 0 Å². The fraction of sp³-hybridized carbons (Fsp3) is 0.500. The summed E-state index contributed by atoms with van der Waals surface area (Å²) >= 11 is 6.16. The summed E-state index contributed by atoms with van der Waals surface area (Å²) < 4.78 is 5.35. The van der Waals surface area contributed by atoms with Gasteiger partial charge in [-0.15, -0.1) is 5.54 Å². The van der Waals surface area contributed by atoms with Gasteiger partial charge in [-0.25, -0.2) is 4.98 Å². The molecule has 0 atom stereocenters. The van der Waals surface area contributed by atoms with Crippen LogP contribution in [0.3, 0.4) is 0 Å². The highest BCUT2D eigenvalue weighted by Gasteiger charge is 2.14. The Kier molecular flexibility index (Phi) is 4.51. The van der Waals surface area contributed by atoms with E-state index >= 15 is 0 Å². The summed E-state index contributed by atoms with van der Waals surface area (Å²) in [5.74, 6) is 4.06. The van der Waals surface area contributed by atoms with Crippen LogP contribution in [0.2, 0.25) is 24.7 Å². The predicted octanol–water partition coefficient (Wildman–Crippen LogP) is 2.80. The summed E-state index contributed by atoms with van der Waals surface area (Å²) in [7, 11) is -1.39. The van der Waals surface area contributed by atoms with Crippen LogP contribution in [0.25, 0.3) is 0 Å². The first-order valence-corrected chi connectivity index (χ1v) is 10.4. The van der Waals surface area contributed by atoms with Crippen LogP contribution >= 0.6 is 11.6 Å². The fourth-order valence-electron chi connectivity index (χ4n) is 1.75. The maximum atomic E-state index is 6.16. The molecule has 0 aliphatic carbocycles. The van der Waals surface area contributed by atoms with E-state index in [2.05, 4.69) is 41.0 Å². The number of hydrogen-bond acceptors (Lipinski definition) is 3. The lowest BCUT2D eigenvalue weighted by atomic mass is 10.3. The number of aromatic nitrogens is 1. The van der Waals surface area contributed by atoms with Crippen LogP contribution in [0.15, 0.2) is 12.1 Å². The predicted molar refractivity (Wildman–Crippen MR) is 82.5 cm³/mol. The molecule has 0 saturated carbocycles. The molecule has 5 heteroatoms. The van der Waals surface area contributed by atoms with Crippen LogP contribution in [0.1, 0.15) is 5.69 Å². The topological polar surface area (TPSA) is 25.4 Å². The van der Waals surface area contributed by atoms with E-state index in [4.69, 9.17) is 16.3 Å². The molecule has 102 valence electrons. The van der Waals surface area contributed by atoms with E-state index in [1.807, 2.05) is 12.1 Å². The summed E-state index contributed by atoms with van der Waals surface area (Å²) in [6.45, 7) is 9.84. The van der Waals surface area contributed by atoms with Crippen molar-refractivity contribution in [1.82, 2.24) is 4.98 Å². The first-order valence-electron chi connectivity index (χ1n) is 6.47. The Morgan fingerprint density at radius 1 is 1.26 bits per heavy atom. The molecular formula is C14H19ClN2OSi. The number of nitrogens with zero attached hydrogens (tertiary/aromatic N) is 2. The van der Waals surface area contributed by atoms with E-state index in [1.54, 1.807) is 0 Å². The highest BCUT2D eigenvalue weighted by molar-refractivity contribution is 6.83. The zero-order valence-electron chi connectivity index (χ0n) is 11.7. The van der Waals surface area contributed by atoms with Crippen molar-refractivity contribution in [2.75, 3.05) is 31.2 Å². The smallest absolute Gasteiger partial charge is 0.131 e. The zero-order valence-corrected chi connectivity index (χ0v) is 13.4. The molecule has 0 N–H and O–H groups in total. The Labute approximate surface area is 120 Å². The first kappa shape index (κ1) is 14.4. The molecule has 2 heterocycles. The standard InChI is InChI=1S/C14H19ClN2OSi/c1-19(2,3)9-4-13-10-12(15)11-14(16-13)17-5-7-18-8-6-17/h10-11H,5-8H2,1-3H3. The highest BCUT2D eigenvalue weighted by atomic mass is 35.5. The Balaban J connectivity index is 2.25. The van der Waals surface area contributed by atoms with Gasteiger partial charge < -0.3 is 9.64 Å². The number of rotatable bonds is 1. The van der Waals surface area contributed by atoms with Crippen molar-refractivity contribution < 1.29 is 4.74 Å². The number of pyridine rings is 1. The molecule has 3 nitrogen and oxygen atoms in total. The van der Waals surface area contributed by atoms with Crippen LogP contribution in [0.4, 0.5) is 5.82 Å². The van der Waals surface area contributed by atoms with Crippen LogP contribution in [-0.2, 0) is 4.74 Å². The normalized spacial score (nSPS) is 15.9. The van der Waals surface area contributed by atoms with Gasteiger partial charge in [-0.2, -0.15) is 0 Å². The van der Waals surface area contributed by atoms with Crippen molar-refractivity contribution in [2.45, 2.75) is 19.6 Å². The second-order valence-electron chi connectivity index (χ2n) is 5.63. The van der Waals surface area contributed by atoms with Crippen LogP contribution < -0.4 is 4.90 Å². The van der Waals surface area contributed by atoms with Gasteiger partial charge >= 0.3 is 0 Å². The van der Waals surface area contributed by atoms with E-state index in [0.29, 0.717) is 5.02 Å². The summed E-state index contributed by atoms with van der Waals surface area (Å²) in [5, 5.41) is 0.691. The van der Waals surface area contributed by atoms with Crippen LogP contribution in [0.5, 0.6) is 0 Å². The maximum absolute atomic E-state index is 6.16. The molecule has 1 aromatic rings. The van der Waals surface area contributed by atoms with Gasteiger partial charge in [0.05, 0.1) is 13.2 Å². The number of ether oxygens (including phenoxy) is 1. The van der Waals surface area contributed by atoms with E-state index in [0.717, 1.165) is 37.8 Å². The fourth-order valence-corrected chi connectivity index (χ4v) is 2.46. The third-order valence-electron chi connectivity index (χ3n) is 2.68. The lowest BCUT2D eigenvalue weighted by Gasteiger charge is -2.28. The quantitative estimate of drug-likeness (QED) is 0.588. The third kappa shape index (κ3) is 4.54. The van der Waals surface area contributed by atoms with Crippen molar-refractivity contribution >= 4 is 25.5 Å². The van der Waals surface area contributed by atoms with Gasteiger partial charge in [-0.3, -0.25) is 0 Å². The van der Waals surface area contributed by atoms with Gasteiger partial charge in [0.1, 0.15) is 19.6 Å².